The SMILES string of the molecule is NC[C@@H](O)COCC1CC1. The molecule has 1 saturated carbocycles. The lowest BCUT2D eigenvalue weighted by Gasteiger charge is -2.07. The van der Waals surface area contributed by atoms with Gasteiger partial charge < -0.3 is 15.6 Å². The summed E-state index contributed by atoms with van der Waals surface area (Å²) in [6.07, 6.45) is 2.11. The first kappa shape index (κ1) is 7.98. The topological polar surface area (TPSA) is 55.5 Å². The summed E-state index contributed by atoms with van der Waals surface area (Å²) in [7, 11) is 0. The van der Waals surface area contributed by atoms with Crippen molar-refractivity contribution in [1.29, 1.82) is 0 Å². The van der Waals surface area contributed by atoms with Crippen LogP contribution in [0.25, 0.3) is 0 Å². The van der Waals surface area contributed by atoms with Gasteiger partial charge in [0.05, 0.1) is 12.7 Å². The van der Waals surface area contributed by atoms with Gasteiger partial charge in [-0.15, -0.1) is 0 Å². The second kappa shape index (κ2) is 3.91. The fraction of sp³-hybridized carbons (Fsp3) is 1.00. The number of aliphatic hydroxyl groups excluding tert-OH is 1. The van der Waals surface area contributed by atoms with Crippen molar-refractivity contribution in [2.75, 3.05) is 19.8 Å². The Hall–Kier alpha value is -0.120. The van der Waals surface area contributed by atoms with Crippen molar-refractivity contribution in [3.8, 4) is 0 Å². The van der Waals surface area contributed by atoms with E-state index >= 15 is 0 Å². The molecule has 0 saturated heterocycles. The standard InChI is InChI=1S/C7H15NO2/c8-3-7(9)5-10-4-6-1-2-6/h6-7,9H,1-5,8H2/t7-/m1/s1. The van der Waals surface area contributed by atoms with E-state index in [-0.39, 0.29) is 0 Å². The van der Waals surface area contributed by atoms with Crippen LogP contribution in [0.5, 0.6) is 0 Å². The second-order valence-corrected chi connectivity index (χ2v) is 2.87. The molecule has 10 heavy (non-hydrogen) atoms. The Labute approximate surface area is 61.2 Å². The molecule has 0 aromatic heterocycles. The highest BCUT2D eigenvalue weighted by atomic mass is 16.5. The third kappa shape index (κ3) is 3.15. The first-order valence-corrected chi connectivity index (χ1v) is 3.79. The molecule has 3 heteroatoms. The number of rotatable bonds is 5. The van der Waals surface area contributed by atoms with E-state index in [1.807, 2.05) is 0 Å². The van der Waals surface area contributed by atoms with Gasteiger partial charge in [0.25, 0.3) is 0 Å². The lowest BCUT2D eigenvalue weighted by Crippen LogP contribution is -2.25. The molecule has 0 heterocycles. The molecule has 1 aliphatic rings. The molecule has 3 nitrogen and oxygen atoms in total. The smallest absolute Gasteiger partial charge is 0.0895 e. The Bertz CT molecular complexity index is 93.6. The first-order chi connectivity index (χ1) is 4.83. The third-order valence-electron chi connectivity index (χ3n) is 1.63. The molecule has 0 unspecified atom stereocenters. The molecular formula is C7H15NO2. The highest BCUT2D eigenvalue weighted by molar-refractivity contribution is 4.72. The van der Waals surface area contributed by atoms with Gasteiger partial charge in [-0.3, -0.25) is 0 Å². The predicted molar refractivity (Wildman–Crippen MR) is 38.6 cm³/mol. The predicted octanol–water partition coefficient (Wildman–Crippen LogP) is -0.267. The molecule has 1 atom stereocenters. The van der Waals surface area contributed by atoms with Crippen LogP contribution in [0.2, 0.25) is 0 Å². The van der Waals surface area contributed by atoms with Gasteiger partial charge in [-0.1, -0.05) is 0 Å². The number of hydrogen-bond acceptors (Lipinski definition) is 3. The van der Waals surface area contributed by atoms with E-state index in [1.165, 1.54) is 12.8 Å². The summed E-state index contributed by atoms with van der Waals surface area (Å²) in [6.45, 7) is 1.49. The highest BCUT2D eigenvalue weighted by Crippen LogP contribution is 2.28. The Morgan fingerprint density at radius 3 is 2.80 bits per heavy atom. The van der Waals surface area contributed by atoms with Gasteiger partial charge in [0.2, 0.25) is 0 Å². The van der Waals surface area contributed by atoms with E-state index in [2.05, 4.69) is 0 Å². The Balaban J connectivity index is 1.83. The number of hydrogen-bond donors (Lipinski definition) is 2. The third-order valence-corrected chi connectivity index (χ3v) is 1.63. The summed E-state index contributed by atoms with van der Waals surface area (Å²) >= 11 is 0. The minimum Gasteiger partial charge on any atom is -0.389 e. The van der Waals surface area contributed by atoms with Crippen LogP contribution in [-0.4, -0.2) is 31.0 Å². The lowest BCUT2D eigenvalue weighted by molar-refractivity contribution is 0.0366. The molecule has 1 aliphatic carbocycles. The van der Waals surface area contributed by atoms with Gasteiger partial charge in [-0.25, -0.2) is 0 Å². The van der Waals surface area contributed by atoms with Crippen LogP contribution in [-0.2, 0) is 4.74 Å². The molecule has 0 radical (unpaired) electrons. The van der Waals surface area contributed by atoms with Crippen LogP contribution in [0.15, 0.2) is 0 Å². The molecule has 1 rings (SSSR count). The minimum atomic E-state index is -0.473. The first-order valence-electron chi connectivity index (χ1n) is 3.79. The van der Waals surface area contributed by atoms with Gasteiger partial charge in [0, 0.05) is 13.2 Å². The highest BCUT2D eigenvalue weighted by Gasteiger charge is 2.21. The van der Waals surface area contributed by atoms with E-state index in [1.54, 1.807) is 0 Å². The normalized spacial score (nSPS) is 21.0. The molecule has 0 aromatic carbocycles. The van der Waals surface area contributed by atoms with Crippen LogP contribution < -0.4 is 5.73 Å². The Morgan fingerprint density at radius 2 is 2.30 bits per heavy atom. The zero-order valence-electron chi connectivity index (χ0n) is 6.12. The van der Waals surface area contributed by atoms with Crippen molar-refractivity contribution >= 4 is 0 Å². The molecule has 0 aliphatic heterocycles. The summed E-state index contributed by atoms with van der Waals surface area (Å²) in [6, 6.07) is 0. The van der Waals surface area contributed by atoms with Crippen molar-refractivity contribution in [2.24, 2.45) is 11.7 Å². The second-order valence-electron chi connectivity index (χ2n) is 2.87. The van der Waals surface area contributed by atoms with Gasteiger partial charge in [0.15, 0.2) is 0 Å². The van der Waals surface area contributed by atoms with Gasteiger partial charge >= 0.3 is 0 Å². The fourth-order valence-corrected chi connectivity index (χ4v) is 0.723. The molecule has 0 amide bonds. The largest absolute Gasteiger partial charge is 0.389 e. The lowest BCUT2D eigenvalue weighted by atomic mass is 10.4. The van der Waals surface area contributed by atoms with E-state index in [0.717, 1.165) is 12.5 Å². The van der Waals surface area contributed by atoms with E-state index in [0.29, 0.717) is 13.2 Å². The van der Waals surface area contributed by atoms with Crippen molar-refractivity contribution in [2.45, 2.75) is 18.9 Å². The van der Waals surface area contributed by atoms with Crippen LogP contribution in [0.4, 0.5) is 0 Å². The maximum atomic E-state index is 8.94. The maximum absolute atomic E-state index is 8.94. The summed E-state index contributed by atoms with van der Waals surface area (Å²) < 4.78 is 5.18. The van der Waals surface area contributed by atoms with E-state index in [9.17, 15) is 0 Å². The number of aliphatic hydroxyl groups is 1. The molecule has 0 aromatic rings. The molecule has 1 fully saturated rings. The van der Waals surface area contributed by atoms with Crippen molar-refractivity contribution in [3.05, 3.63) is 0 Å². The van der Waals surface area contributed by atoms with Gasteiger partial charge in [-0.05, 0) is 18.8 Å². The van der Waals surface area contributed by atoms with Crippen molar-refractivity contribution < 1.29 is 9.84 Å². The number of ether oxygens (including phenoxy) is 1. The molecule has 0 spiro atoms. The Morgan fingerprint density at radius 1 is 1.60 bits per heavy atom. The average Bonchev–Trinajstić information content (AvgIpc) is 2.71. The summed E-state index contributed by atoms with van der Waals surface area (Å²) in [5, 5.41) is 8.94. The zero-order chi connectivity index (χ0) is 7.40. The summed E-state index contributed by atoms with van der Waals surface area (Å²) in [5.41, 5.74) is 5.17. The number of nitrogens with two attached hydrogens (primary N) is 1. The molecule has 60 valence electrons. The van der Waals surface area contributed by atoms with Crippen molar-refractivity contribution in [3.63, 3.8) is 0 Å². The minimum absolute atomic E-state index is 0.296. The maximum Gasteiger partial charge on any atom is 0.0895 e. The van der Waals surface area contributed by atoms with Gasteiger partial charge in [0.1, 0.15) is 0 Å². The van der Waals surface area contributed by atoms with E-state index < -0.39 is 6.10 Å². The average molecular weight is 145 g/mol. The van der Waals surface area contributed by atoms with Gasteiger partial charge in [-0.2, -0.15) is 0 Å². The van der Waals surface area contributed by atoms with E-state index in [4.69, 9.17) is 15.6 Å². The van der Waals surface area contributed by atoms with Crippen LogP contribution in [0, 0.1) is 5.92 Å². The molecular weight excluding hydrogens is 130 g/mol. The van der Waals surface area contributed by atoms with Crippen LogP contribution in [0.1, 0.15) is 12.8 Å². The zero-order valence-corrected chi connectivity index (χ0v) is 6.12. The summed E-state index contributed by atoms with van der Waals surface area (Å²) in [5.74, 6) is 0.768. The Kier molecular flexibility index (Phi) is 3.12. The van der Waals surface area contributed by atoms with Crippen molar-refractivity contribution in [1.82, 2.24) is 0 Å². The summed E-state index contributed by atoms with van der Waals surface area (Å²) in [4.78, 5) is 0. The van der Waals surface area contributed by atoms with Crippen LogP contribution in [0.3, 0.4) is 0 Å². The molecule has 3 N–H and O–H groups in total. The quantitative estimate of drug-likeness (QED) is 0.560. The fourth-order valence-electron chi connectivity index (χ4n) is 0.723. The van der Waals surface area contributed by atoms with Crippen LogP contribution >= 0.6 is 0 Å². The monoisotopic (exact) mass is 145 g/mol. The molecule has 0 bridgehead atoms.